The molecule has 0 unspecified atom stereocenters. The molecule has 0 radical (unpaired) electrons. The average Bonchev–Trinajstić information content (AvgIpc) is 2.73. The van der Waals surface area contributed by atoms with Gasteiger partial charge < -0.3 is 0 Å². The molecule has 8 heteroatoms. The lowest BCUT2D eigenvalue weighted by atomic mass is 10.3. The number of nitriles is 1. The van der Waals surface area contributed by atoms with Crippen molar-refractivity contribution in [1.29, 1.82) is 5.26 Å². The summed E-state index contributed by atoms with van der Waals surface area (Å²) in [6, 6.07) is 6.99. The molecule has 2 rings (SSSR count). The SMILES string of the molecule is CSC#N.O=S(=O)(O)c1nc2ccccc2s1. The Morgan fingerprint density at radius 1 is 1.47 bits per heavy atom. The maximum Gasteiger partial charge on any atom is 0.322 e. The molecule has 2 aromatic rings. The fourth-order valence-corrected chi connectivity index (χ4v) is 2.56. The second-order valence-electron chi connectivity index (χ2n) is 2.72. The fourth-order valence-electron chi connectivity index (χ4n) is 0.961. The number of thioether (sulfide) groups is 1. The summed E-state index contributed by atoms with van der Waals surface area (Å²) in [4.78, 5) is 3.76. The number of thiazole rings is 1. The van der Waals surface area contributed by atoms with Gasteiger partial charge in [-0.15, -0.1) is 11.3 Å². The Kier molecular flexibility index (Phi) is 4.89. The molecule has 1 heterocycles. The zero-order valence-electron chi connectivity index (χ0n) is 8.69. The molecular formula is C9H8N2O3S3. The number of thiocyanates is 1. The van der Waals surface area contributed by atoms with E-state index >= 15 is 0 Å². The average molecular weight is 288 g/mol. The van der Waals surface area contributed by atoms with Crippen LogP contribution in [0.25, 0.3) is 10.2 Å². The Labute approximate surface area is 107 Å². The monoisotopic (exact) mass is 288 g/mol. The van der Waals surface area contributed by atoms with Crippen molar-refractivity contribution in [3.05, 3.63) is 24.3 Å². The summed E-state index contributed by atoms with van der Waals surface area (Å²) in [5.74, 6) is 0. The van der Waals surface area contributed by atoms with Crippen LogP contribution in [0.4, 0.5) is 0 Å². The van der Waals surface area contributed by atoms with Crippen molar-refractivity contribution in [3.8, 4) is 5.40 Å². The largest absolute Gasteiger partial charge is 0.322 e. The van der Waals surface area contributed by atoms with Crippen LogP contribution in [0.1, 0.15) is 0 Å². The van der Waals surface area contributed by atoms with E-state index in [0.29, 0.717) is 5.52 Å². The zero-order valence-corrected chi connectivity index (χ0v) is 11.1. The second-order valence-corrected chi connectivity index (χ2v) is 5.93. The highest BCUT2D eigenvalue weighted by molar-refractivity contribution is 8.03. The number of fused-ring (bicyclic) bond motifs is 1. The standard InChI is InChI=1S/C7H5NO3S2.C2H3NS/c9-13(10,11)7-8-5-3-1-2-4-6(5)12-7;1-4-2-3/h1-4H,(H,9,10,11);1H3. The van der Waals surface area contributed by atoms with Crippen molar-refractivity contribution >= 4 is 43.4 Å². The van der Waals surface area contributed by atoms with Gasteiger partial charge in [0.2, 0.25) is 4.34 Å². The predicted molar refractivity (Wildman–Crippen MR) is 68.6 cm³/mol. The summed E-state index contributed by atoms with van der Waals surface area (Å²) >= 11 is 2.12. The van der Waals surface area contributed by atoms with Crippen LogP contribution in [0.2, 0.25) is 0 Å². The maximum absolute atomic E-state index is 10.7. The summed E-state index contributed by atoms with van der Waals surface area (Å²) in [6.07, 6.45) is 1.74. The molecule has 5 nitrogen and oxygen atoms in total. The topological polar surface area (TPSA) is 91.0 Å². The van der Waals surface area contributed by atoms with Gasteiger partial charge in [-0.05, 0) is 30.2 Å². The molecule has 0 amide bonds. The minimum absolute atomic E-state index is 0.256. The molecule has 0 aliphatic heterocycles. The Morgan fingerprint density at radius 2 is 2.06 bits per heavy atom. The summed E-state index contributed by atoms with van der Waals surface area (Å²) in [5.41, 5.74) is 0.583. The van der Waals surface area contributed by atoms with E-state index in [4.69, 9.17) is 9.81 Å². The molecule has 0 aliphatic carbocycles. The van der Waals surface area contributed by atoms with Gasteiger partial charge >= 0.3 is 10.1 Å². The Balaban J connectivity index is 0.000000317. The fraction of sp³-hybridized carbons (Fsp3) is 0.111. The van der Waals surface area contributed by atoms with Crippen LogP contribution in [0.3, 0.4) is 0 Å². The van der Waals surface area contributed by atoms with Gasteiger partial charge in [0.1, 0.15) is 5.40 Å². The van der Waals surface area contributed by atoms with E-state index in [0.717, 1.165) is 27.8 Å². The molecule has 0 saturated heterocycles. The summed E-state index contributed by atoms with van der Waals surface area (Å²) in [6.45, 7) is 0. The Bertz CT molecular complexity index is 610. The van der Waals surface area contributed by atoms with Crippen LogP contribution >= 0.6 is 23.1 Å². The Morgan fingerprint density at radius 3 is 2.53 bits per heavy atom. The first-order chi connectivity index (χ1) is 7.99. The number of aromatic nitrogens is 1. The third-order valence-corrected chi connectivity index (χ3v) is 4.01. The van der Waals surface area contributed by atoms with Crippen molar-refractivity contribution in [1.82, 2.24) is 4.98 Å². The van der Waals surface area contributed by atoms with Crippen LogP contribution < -0.4 is 0 Å². The van der Waals surface area contributed by atoms with E-state index in [1.54, 1.807) is 30.5 Å². The van der Waals surface area contributed by atoms with Gasteiger partial charge in [0.05, 0.1) is 10.2 Å². The number of hydrogen-bond donors (Lipinski definition) is 1. The van der Waals surface area contributed by atoms with Gasteiger partial charge in [-0.3, -0.25) is 4.55 Å². The van der Waals surface area contributed by atoms with E-state index < -0.39 is 10.1 Å². The summed E-state index contributed by atoms with van der Waals surface area (Å²) in [7, 11) is -4.16. The molecule has 0 atom stereocenters. The number of hydrogen-bond acceptors (Lipinski definition) is 6. The molecule has 1 aromatic heterocycles. The predicted octanol–water partition coefficient (Wildman–Crippen LogP) is 2.37. The zero-order chi connectivity index (χ0) is 12.9. The van der Waals surface area contributed by atoms with E-state index in [1.807, 2.05) is 5.40 Å². The molecule has 17 heavy (non-hydrogen) atoms. The van der Waals surface area contributed by atoms with Crippen LogP contribution in [0, 0.1) is 10.7 Å². The van der Waals surface area contributed by atoms with E-state index in [-0.39, 0.29) is 4.34 Å². The minimum Gasteiger partial charge on any atom is -0.280 e. The van der Waals surface area contributed by atoms with Crippen LogP contribution in [0.15, 0.2) is 28.6 Å². The minimum atomic E-state index is -4.16. The lowest BCUT2D eigenvalue weighted by molar-refractivity contribution is 0.482. The van der Waals surface area contributed by atoms with Crippen molar-refractivity contribution < 1.29 is 13.0 Å². The van der Waals surface area contributed by atoms with Crippen molar-refractivity contribution in [2.75, 3.05) is 6.26 Å². The van der Waals surface area contributed by atoms with Crippen LogP contribution in [-0.4, -0.2) is 24.2 Å². The maximum atomic E-state index is 10.7. The van der Waals surface area contributed by atoms with Crippen molar-refractivity contribution in [3.63, 3.8) is 0 Å². The van der Waals surface area contributed by atoms with E-state index in [9.17, 15) is 8.42 Å². The van der Waals surface area contributed by atoms with Gasteiger partial charge in [0, 0.05) is 0 Å². The van der Waals surface area contributed by atoms with Crippen LogP contribution in [0.5, 0.6) is 0 Å². The van der Waals surface area contributed by atoms with Gasteiger partial charge in [0.15, 0.2) is 0 Å². The van der Waals surface area contributed by atoms with Crippen molar-refractivity contribution in [2.45, 2.75) is 4.34 Å². The molecule has 90 valence electrons. The highest BCUT2D eigenvalue weighted by Gasteiger charge is 2.15. The quantitative estimate of drug-likeness (QED) is 0.640. The lowest BCUT2D eigenvalue weighted by Crippen LogP contribution is -1.95. The first-order valence-corrected chi connectivity index (χ1v) is 7.72. The highest BCUT2D eigenvalue weighted by Crippen LogP contribution is 2.24. The molecule has 0 fully saturated rings. The number of rotatable bonds is 1. The number of para-hydroxylation sites is 1. The molecule has 0 spiro atoms. The third-order valence-electron chi connectivity index (χ3n) is 1.59. The smallest absolute Gasteiger partial charge is 0.280 e. The van der Waals surface area contributed by atoms with Crippen LogP contribution in [-0.2, 0) is 10.1 Å². The first-order valence-electron chi connectivity index (χ1n) is 4.24. The molecule has 0 saturated carbocycles. The normalized spacial score (nSPS) is 10.4. The molecule has 0 aliphatic rings. The Hall–Kier alpha value is -1.14. The molecule has 1 aromatic carbocycles. The van der Waals surface area contributed by atoms with E-state index in [2.05, 4.69) is 4.98 Å². The number of benzene rings is 1. The highest BCUT2D eigenvalue weighted by atomic mass is 32.3. The summed E-state index contributed by atoms with van der Waals surface area (Å²) in [5, 5.41) is 9.44. The molecule has 0 bridgehead atoms. The van der Waals surface area contributed by atoms with Gasteiger partial charge in [0.25, 0.3) is 0 Å². The first kappa shape index (κ1) is 13.9. The van der Waals surface area contributed by atoms with Crippen molar-refractivity contribution in [2.24, 2.45) is 0 Å². The van der Waals surface area contributed by atoms with Gasteiger partial charge in [-0.25, -0.2) is 4.98 Å². The second kappa shape index (κ2) is 5.97. The van der Waals surface area contributed by atoms with E-state index in [1.165, 1.54) is 0 Å². The molecule has 1 N–H and O–H groups in total. The number of nitrogens with zero attached hydrogens (tertiary/aromatic N) is 2. The third kappa shape index (κ3) is 3.98. The van der Waals surface area contributed by atoms with Gasteiger partial charge in [-0.2, -0.15) is 13.7 Å². The lowest BCUT2D eigenvalue weighted by Gasteiger charge is -1.83. The van der Waals surface area contributed by atoms with Gasteiger partial charge in [-0.1, -0.05) is 12.1 Å². The molecular weight excluding hydrogens is 280 g/mol. The summed E-state index contributed by atoms with van der Waals surface area (Å²) < 4.78 is 30.6.